The molecule has 1 atom stereocenters. The Hall–Kier alpha value is -2.63. The highest BCUT2D eigenvalue weighted by molar-refractivity contribution is 6.30. The van der Waals surface area contributed by atoms with Gasteiger partial charge >= 0.3 is 0 Å². The van der Waals surface area contributed by atoms with E-state index in [-0.39, 0.29) is 0 Å². The average Bonchev–Trinajstić information content (AvgIpc) is 3.12. The number of carbonyl (C=O) groups is 1. The highest BCUT2D eigenvalue weighted by atomic mass is 35.5. The number of hydrogen-bond acceptors (Lipinski definition) is 3. The first kappa shape index (κ1) is 21.2. The number of benzene rings is 1. The Kier molecular flexibility index (Phi) is 6.28. The standard InChI is InChI=1S/C26H29ClN4O/c27-21-7-4-19(5-8-21)12-15-31(18-32)25-11-10-24-26(29-25)23(17-28-24)20-6-9-22-3-1-2-14-30(22)16-13-20/h4-5,7-8,10-11,13,17-18,22,28H,1-3,6,9,12,14-16H2. The largest absolute Gasteiger partial charge is 0.359 e. The number of piperidine rings is 1. The van der Waals surface area contributed by atoms with Crippen molar-refractivity contribution in [3.63, 3.8) is 0 Å². The summed E-state index contributed by atoms with van der Waals surface area (Å²) in [6.07, 6.45) is 12.4. The van der Waals surface area contributed by atoms with Crippen molar-refractivity contribution in [2.75, 3.05) is 24.5 Å². The summed E-state index contributed by atoms with van der Waals surface area (Å²) < 4.78 is 0. The molecule has 1 unspecified atom stereocenters. The molecule has 3 aromatic rings. The van der Waals surface area contributed by atoms with E-state index in [1.807, 2.05) is 36.4 Å². The van der Waals surface area contributed by atoms with Crippen molar-refractivity contribution in [2.24, 2.45) is 0 Å². The third-order valence-corrected chi connectivity index (χ3v) is 7.15. The molecule has 1 amide bonds. The fourth-order valence-corrected chi connectivity index (χ4v) is 5.17. The van der Waals surface area contributed by atoms with Crippen LogP contribution >= 0.6 is 11.6 Å². The van der Waals surface area contributed by atoms with Gasteiger partial charge in [-0.3, -0.25) is 14.6 Å². The number of halogens is 1. The number of pyridine rings is 1. The van der Waals surface area contributed by atoms with Crippen molar-refractivity contribution >= 4 is 40.4 Å². The number of hydrogen-bond donors (Lipinski definition) is 1. The highest BCUT2D eigenvalue weighted by Gasteiger charge is 2.25. The minimum atomic E-state index is 0.572. The second kappa shape index (κ2) is 9.47. The number of nitrogens with one attached hydrogen (secondary N) is 1. The summed E-state index contributed by atoms with van der Waals surface area (Å²) >= 11 is 5.98. The first-order chi connectivity index (χ1) is 15.7. The van der Waals surface area contributed by atoms with Crippen LogP contribution in [0.25, 0.3) is 16.6 Å². The number of H-pyrrole nitrogens is 1. The number of carbonyl (C=O) groups excluding carboxylic acids is 1. The maximum Gasteiger partial charge on any atom is 0.215 e. The Bertz CT molecular complexity index is 1120. The van der Waals surface area contributed by atoms with Crippen molar-refractivity contribution in [3.8, 4) is 0 Å². The van der Waals surface area contributed by atoms with Gasteiger partial charge in [0, 0.05) is 35.9 Å². The van der Waals surface area contributed by atoms with Crippen LogP contribution in [0.2, 0.25) is 5.02 Å². The van der Waals surface area contributed by atoms with E-state index < -0.39 is 0 Å². The molecule has 1 aromatic carbocycles. The minimum absolute atomic E-state index is 0.572. The number of rotatable bonds is 6. The van der Waals surface area contributed by atoms with Crippen LogP contribution in [0, 0.1) is 0 Å². The zero-order valence-electron chi connectivity index (χ0n) is 18.3. The van der Waals surface area contributed by atoms with Crippen LogP contribution in [0.4, 0.5) is 5.82 Å². The minimum Gasteiger partial charge on any atom is -0.359 e. The van der Waals surface area contributed by atoms with Crippen LogP contribution in [-0.4, -0.2) is 47.0 Å². The van der Waals surface area contributed by atoms with Gasteiger partial charge in [-0.1, -0.05) is 36.2 Å². The van der Waals surface area contributed by atoms with Crippen molar-refractivity contribution in [1.82, 2.24) is 14.9 Å². The molecule has 1 N–H and O–H groups in total. The number of amides is 1. The zero-order valence-corrected chi connectivity index (χ0v) is 19.0. The maximum atomic E-state index is 11.9. The maximum absolute atomic E-state index is 11.9. The first-order valence-corrected chi connectivity index (χ1v) is 12.0. The van der Waals surface area contributed by atoms with E-state index in [0.29, 0.717) is 18.4 Å². The van der Waals surface area contributed by atoms with E-state index in [4.69, 9.17) is 16.6 Å². The van der Waals surface area contributed by atoms with Crippen molar-refractivity contribution in [2.45, 2.75) is 44.6 Å². The van der Waals surface area contributed by atoms with Crippen molar-refractivity contribution in [3.05, 3.63) is 64.8 Å². The van der Waals surface area contributed by atoms with Crippen molar-refractivity contribution in [1.29, 1.82) is 0 Å². The monoisotopic (exact) mass is 448 g/mol. The van der Waals surface area contributed by atoms with Gasteiger partial charge in [0.1, 0.15) is 5.82 Å². The van der Waals surface area contributed by atoms with Crippen molar-refractivity contribution < 1.29 is 4.79 Å². The summed E-state index contributed by atoms with van der Waals surface area (Å²) in [5, 5.41) is 0.719. The molecular weight excluding hydrogens is 420 g/mol. The number of aromatic nitrogens is 2. The molecule has 2 aliphatic heterocycles. The van der Waals surface area contributed by atoms with E-state index in [1.165, 1.54) is 43.4 Å². The lowest BCUT2D eigenvalue weighted by molar-refractivity contribution is -0.107. The van der Waals surface area contributed by atoms with E-state index >= 15 is 0 Å². The van der Waals surface area contributed by atoms with Gasteiger partial charge in [0.25, 0.3) is 0 Å². The smallest absolute Gasteiger partial charge is 0.215 e. The molecule has 0 bridgehead atoms. The van der Waals surface area contributed by atoms with E-state index in [1.54, 1.807) is 4.90 Å². The second-order valence-electron chi connectivity index (χ2n) is 8.86. The molecule has 6 heteroatoms. The normalized spacial score (nSPS) is 19.3. The predicted octanol–water partition coefficient (Wildman–Crippen LogP) is 5.45. The summed E-state index contributed by atoms with van der Waals surface area (Å²) in [7, 11) is 0. The van der Waals surface area contributed by atoms with Gasteiger partial charge in [-0.2, -0.15) is 0 Å². The molecular formula is C26H29ClN4O. The Morgan fingerprint density at radius 3 is 2.88 bits per heavy atom. The Balaban J connectivity index is 1.37. The Morgan fingerprint density at radius 2 is 2.03 bits per heavy atom. The molecule has 2 aliphatic rings. The SMILES string of the molecule is O=CN(CCc1ccc(Cl)cc1)c1ccc2[nH]cc(C3=CCN4CCCCC4CC3)c2n1. The van der Waals surface area contributed by atoms with Gasteiger partial charge in [-0.05, 0) is 74.1 Å². The van der Waals surface area contributed by atoms with Crippen LogP contribution in [0.15, 0.2) is 48.7 Å². The lowest BCUT2D eigenvalue weighted by Crippen LogP contribution is -2.38. The molecule has 0 aliphatic carbocycles. The number of nitrogens with zero attached hydrogens (tertiary/aromatic N) is 3. The molecule has 0 spiro atoms. The lowest BCUT2D eigenvalue weighted by Gasteiger charge is -2.33. The van der Waals surface area contributed by atoms with Gasteiger partial charge in [-0.15, -0.1) is 0 Å². The van der Waals surface area contributed by atoms with Crippen LogP contribution in [0.1, 0.15) is 43.2 Å². The summed E-state index contributed by atoms with van der Waals surface area (Å²) in [6.45, 7) is 2.81. The topological polar surface area (TPSA) is 52.2 Å². The first-order valence-electron chi connectivity index (χ1n) is 11.6. The summed E-state index contributed by atoms with van der Waals surface area (Å²) in [6, 6.07) is 12.4. The summed E-state index contributed by atoms with van der Waals surface area (Å²) in [5.41, 5.74) is 5.64. The molecule has 5 nitrogen and oxygen atoms in total. The number of allylic oxidation sites excluding steroid dienone is 1. The van der Waals surface area contributed by atoms with Crippen LogP contribution in [-0.2, 0) is 11.2 Å². The molecule has 0 radical (unpaired) electrons. The van der Waals surface area contributed by atoms with Gasteiger partial charge in [0.2, 0.25) is 6.41 Å². The molecule has 1 saturated heterocycles. The second-order valence-corrected chi connectivity index (χ2v) is 9.29. The van der Waals surface area contributed by atoms with E-state index in [0.717, 1.165) is 47.4 Å². The predicted molar refractivity (Wildman–Crippen MR) is 131 cm³/mol. The Labute approximate surface area is 194 Å². The number of fused-ring (bicyclic) bond motifs is 2. The van der Waals surface area contributed by atoms with E-state index in [9.17, 15) is 4.79 Å². The highest BCUT2D eigenvalue weighted by Crippen LogP contribution is 2.33. The summed E-state index contributed by atoms with van der Waals surface area (Å²) in [4.78, 5) is 24.5. The lowest BCUT2D eigenvalue weighted by atomic mass is 9.96. The Morgan fingerprint density at radius 1 is 1.16 bits per heavy atom. The van der Waals surface area contributed by atoms with E-state index in [2.05, 4.69) is 22.2 Å². The quantitative estimate of drug-likeness (QED) is 0.510. The molecule has 32 heavy (non-hydrogen) atoms. The van der Waals surface area contributed by atoms with Crippen LogP contribution < -0.4 is 4.90 Å². The fraction of sp³-hybridized carbons (Fsp3) is 0.385. The average molecular weight is 449 g/mol. The molecule has 1 fully saturated rings. The van der Waals surface area contributed by atoms with Gasteiger partial charge in [-0.25, -0.2) is 4.98 Å². The third kappa shape index (κ3) is 4.45. The van der Waals surface area contributed by atoms with Gasteiger partial charge in [0.05, 0.1) is 11.0 Å². The van der Waals surface area contributed by atoms with Crippen LogP contribution in [0.3, 0.4) is 0 Å². The third-order valence-electron chi connectivity index (χ3n) is 6.90. The molecule has 2 aromatic heterocycles. The molecule has 0 saturated carbocycles. The number of aromatic amines is 1. The fourth-order valence-electron chi connectivity index (χ4n) is 5.04. The van der Waals surface area contributed by atoms with Gasteiger partial charge < -0.3 is 4.98 Å². The van der Waals surface area contributed by atoms with Crippen LogP contribution in [0.5, 0.6) is 0 Å². The zero-order chi connectivity index (χ0) is 21.9. The molecule has 166 valence electrons. The summed E-state index contributed by atoms with van der Waals surface area (Å²) in [5.74, 6) is 0.689. The van der Waals surface area contributed by atoms with Gasteiger partial charge in [0.15, 0.2) is 0 Å². The molecule has 5 rings (SSSR count). The number of anilines is 1. The molecule has 4 heterocycles.